The van der Waals surface area contributed by atoms with Gasteiger partial charge in [-0.05, 0) is 18.4 Å². The molecule has 0 saturated heterocycles. The van der Waals surface area contributed by atoms with Crippen molar-refractivity contribution in [3.05, 3.63) is 35.9 Å². The normalized spacial score (nSPS) is 9.88. The monoisotopic (exact) mass is 234 g/mol. The average molecular weight is 234 g/mol. The lowest BCUT2D eigenvalue weighted by molar-refractivity contribution is -0.122. The molecular formula is C13H18N2O2. The molecule has 1 aromatic rings. The molecule has 0 saturated carbocycles. The molecule has 4 heteroatoms. The van der Waals surface area contributed by atoms with Gasteiger partial charge in [0.1, 0.15) is 0 Å². The third kappa shape index (κ3) is 6.35. The second-order valence-electron chi connectivity index (χ2n) is 3.94. The number of nitrogens with one attached hydrogen (secondary N) is 1. The summed E-state index contributed by atoms with van der Waals surface area (Å²) < 4.78 is 0. The number of hydrogen-bond acceptors (Lipinski definition) is 2. The Labute approximate surface area is 101 Å². The Morgan fingerprint density at radius 2 is 1.71 bits per heavy atom. The quantitative estimate of drug-likeness (QED) is 0.699. The highest BCUT2D eigenvalue weighted by Gasteiger charge is 2.01. The van der Waals surface area contributed by atoms with E-state index in [0.717, 1.165) is 5.56 Å². The number of hydrogen-bond donors (Lipinski definition) is 2. The zero-order valence-corrected chi connectivity index (χ0v) is 9.82. The highest BCUT2D eigenvalue weighted by Crippen LogP contribution is 2.01. The number of carbonyl (C=O) groups excluding carboxylic acids is 2. The molecule has 0 bridgehead atoms. The molecular weight excluding hydrogens is 216 g/mol. The zero-order valence-electron chi connectivity index (χ0n) is 9.82. The summed E-state index contributed by atoms with van der Waals surface area (Å²) in [7, 11) is 0. The summed E-state index contributed by atoms with van der Waals surface area (Å²) in [6, 6.07) is 9.75. The van der Waals surface area contributed by atoms with Crippen molar-refractivity contribution >= 4 is 11.8 Å². The molecule has 92 valence electrons. The maximum Gasteiger partial charge on any atom is 0.220 e. The Hall–Kier alpha value is -1.84. The van der Waals surface area contributed by atoms with E-state index in [1.807, 2.05) is 30.3 Å². The van der Waals surface area contributed by atoms with Crippen molar-refractivity contribution < 1.29 is 9.59 Å². The minimum atomic E-state index is -0.310. The van der Waals surface area contributed by atoms with Crippen molar-refractivity contribution in [2.45, 2.75) is 32.2 Å². The van der Waals surface area contributed by atoms with Crippen LogP contribution in [0.2, 0.25) is 0 Å². The molecule has 0 heterocycles. The van der Waals surface area contributed by atoms with E-state index in [1.54, 1.807) is 0 Å². The van der Waals surface area contributed by atoms with Gasteiger partial charge in [0.2, 0.25) is 11.8 Å². The predicted molar refractivity (Wildman–Crippen MR) is 66.0 cm³/mol. The average Bonchev–Trinajstić information content (AvgIpc) is 2.33. The molecule has 4 nitrogen and oxygen atoms in total. The van der Waals surface area contributed by atoms with Gasteiger partial charge in [0, 0.05) is 19.4 Å². The van der Waals surface area contributed by atoms with Gasteiger partial charge in [-0.25, -0.2) is 0 Å². The molecule has 3 N–H and O–H groups in total. The van der Waals surface area contributed by atoms with Crippen LogP contribution in [0.3, 0.4) is 0 Å². The fourth-order valence-corrected chi connectivity index (χ4v) is 1.47. The van der Waals surface area contributed by atoms with Crippen molar-refractivity contribution in [3.8, 4) is 0 Å². The van der Waals surface area contributed by atoms with Crippen LogP contribution in [0.4, 0.5) is 0 Å². The predicted octanol–water partition coefficient (Wildman–Crippen LogP) is 1.35. The smallest absolute Gasteiger partial charge is 0.220 e. The minimum Gasteiger partial charge on any atom is -0.370 e. The Bertz CT molecular complexity index is 363. The van der Waals surface area contributed by atoms with Crippen LogP contribution in [0.15, 0.2) is 30.3 Å². The molecule has 0 aliphatic carbocycles. The van der Waals surface area contributed by atoms with Crippen molar-refractivity contribution in [2.24, 2.45) is 5.73 Å². The number of carbonyl (C=O) groups is 2. The van der Waals surface area contributed by atoms with Gasteiger partial charge in [-0.15, -0.1) is 0 Å². The number of primary amides is 1. The Morgan fingerprint density at radius 3 is 2.35 bits per heavy atom. The zero-order chi connectivity index (χ0) is 12.5. The van der Waals surface area contributed by atoms with Gasteiger partial charge >= 0.3 is 0 Å². The summed E-state index contributed by atoms with van der Waals surface area (Å²) >= 11 is 0. The fraction of sp³-hybridized carbons (Fsp3) is 0.385. The van der Waals surface area contributed by atoms with Crippen LogP contribution < -0.4 is 11.1 Å². The molecule has 2 amide bonds. The standard InChI is InChI=1S/C13H18N2O2/c14-12(16)8-4-5-9-13(17)15-10-11-6-2-1-3-7-11/h1-3,6-7H,4-5,8-10H2,(H2,14,16)(H,15,17). The number of benzene rings is 1. The van der Waals surface area contributed by atoms with Crippen LogP contribution in [-0.2, 0) is 16.1 Å². The van der Waals surface area contributed by atoms with Gasteiger partial charge in [-0.1, -0.05) is 30.3 Å². The van der Waals surface area contributed by atoms with Crippen molar-refractivity contribution in [3.63, 3.8) is 0 Å². The van der Waals surface area contributed by atoms with Crippen LogP contribution in [0, 0.1) is 0 Å². The first kappa shape index (κ1) is 13.2. The molecule has 1 rings (SSSR count). The van der Waals surface area contributed by atoms with Gasteiger partial charge in [0.05, 0.1) is 0 Å². The van der Waals surface area contributed by atoms with E-state index in [-0.39, 0.29) is 11.8 Å². The minimum absolute atomic E-state index is 0.0123. The summed E-state index contributed by atoms with van der Waals surface area (Å²) in [6.07, 6.45) is 2.17. The lowest BCUT2D eigenvalue weighted by Crippen LogP contribution is -2.22. The molecule has 17 heavy (non-hydrogen) atoms. The molecule has 0 radical (unpaired) electrons. The van der Waals surface area contributed by atoms with Gasteiger partial charge in [0.25, 0.3) is 0 Å². The van der Waals surface area contributed by atoms with E-state index in [2.05, 4.69) is 5.32 Å². The summed E-state index contributed by atoms with van der Waals surface area (Å²) in [5.74, 6) is -0.298. The summed E-state index contributed by atoms with van der Waals surface area (Å²) in [5, 5.41) is 2.83. The Balaban J connectivity index is 2.11. The molecule has 0 fully saturated rings. The Kier molecular flexibility index (Phi) is 5.79. The fourth-order valence-electron chi connectivity index (χ4n) is 1.47. The molecule has 0 spiro atoms. The first-order chi connectivity index (χ1) is 8.18. The van der Waals surface area contributed by atoms with Gasteiger partial charge in [0.15, 0.2) is 0 Å². The number of amides is 2. The SMILES string of the molecule is NC(=O)CCCCC(=O)NCc1ccccc1. The molecule has 0 aromatic heterocycles. The van der Waals surface area contributed by atoms with Crippen LogP contribution in [-0.4, -0.2) is 11.8 Å². The van der Waals surface area contributed by atoms with Crippen molar-refractivity contribution in [1.29, 1.82) is 0 Å². The highest BCUT2D eigenvalue weighted by molar-refractivity contribution is 5.76. The van der Waals surface area contributed by atoms with Crippen LogP contribution >= 0.6 is 0 Å². The largest absolute Gasteiger partial charge is 0.370 e. The van der Waals surface area contributed by atoms with Gasteiger partial charge in [-0.2, -0.15) is 0 Å². The summed E-state index contributed by atoms with van der Waals surface area (Å²) in [5.41, 5.74) is 6.09. The van der Waals surface area contributed by atoms with Crippen molar-refractivity contribution in [2.75, 3.05) is 0 Å². The molecule has 0 unspecified atom stereocenters. The maximum atomic E-state index is 11.4. The summed E-state index contributed by atoms with van der Waals surface area (Å²) in [4.78, 5) is 21.9. The van der Waals surface area contributed by atoms with Crippen molar-refractivity contribution in [1.82, 2.24) is 5.32 Å². The number of rotatable bonds is 7. The van der Waals surface area contributed by atoms with E-state index in [0.29, 0.717) is 32.2 Å². The number of unbranched alkanes of at least 4 members (excludes halogenated alkanes) is 1. The third-order valence-corrected chi connectivity index (χ3v) is 2.41. The molecule has 0 atom stereocenters. The van der Waals surface area contributed by atoms with E-state index in [4.69, 9.17) is 5.73 Å². The maximum absolute atomic E-state index is 11.4. The second kappa shape index (κ2) is 7.44. The van der Waals surface area contributed by atoms with Crippen LogP contribution in [0.5, 0.6) is 0 Å². The first-order valence-electron chi connectivity index (χ1n) is 5.77. The summed E-state index contributed by atoms with van der Waals surface area (Å²) in [6.45, 7) is 0.551. The first-order valence-corrected chi connectivity index (χ1v) is 5.77. The van der Waals surface area contributed by atoms with Gasteiger partial charge < -0.3 is 11.1 Å². The van der Waals surface area contributed by atoms with E-state index in [9.17, 15) is 9.59 Å². The van der Waals surface area contributed by atoms with E-state index in [1.165, 1.54) is 0 Å². The topological polar surface area (TPSA) is 72.2 Å². The molecule has 0 aliphatic rings. The number of nitrogens with two attached hydrogens (primary N) is 1. The third-order valence-electron chi connectivity index (χ3n) is 2.41. The molecule has 0 aliphatic heterocycles. The van der Waals surface area contributed by atoms with E-state index >= 15 is 0 Å². The van der Waals surface area contributed by atoms with Crippen LogP contribution in [0.1, 0.15) is 31.2 Å². The lowest BCUT2D eigenvalue weighted by atomic mass is 10.1. The highest BCUT2D eigenvalue weighted by atomic mass is 16.1. The van der Waals surface area contributed by atoms with Crippen LogP contribution in [0.25, 0.3) is 0 Å². The lowest BCUT2D eigenvalue weighted by Gasteiger charge is -2.04. The molecule has 1 aromatic carbocycles. The second-order valence-corrected chi connectivity index (χ2v) is 3.94. The van der Waals surface area contributed by atoms with Gasteiger partial charge in [-0.3, -0.25) is 9.59 Å². The van der Waals surface area contributed by atoms with E-state index < -0.39 is 0 Å². The Morgan fingerprint density at radius 1 is 1.06 bits per heavy atom.